The van der Waals surface area contributed by atoms with Crippen molar-refractivity contribution in [3.63, 3.8) is 0 Å². The summed E-state index contributed by atoms with van der Waals surface area (Å²) in [5.41, 5.74) is 0.974. The van der Waals surface area contributed by atoms with Gasteiger partial charge in [-0.1, -0.05) is 26.0 Å². The number of carbonyl (C=O) groups is 1. The van der Waals surface area contributed by atoms with Crippen LogP contribution in [0, 0.1) is 12.8 Å². The molecular weight excluding hydrogens is 334 g/mol. The molecule has 0 spiro atoms. The molecule has 6 nitrogen and oxygen atoms in total. The Balaban J connectivity index is 2.15. The van der Waals surface area contributed by atoms with Crippen LogP contribution in [0.3, 0.4) is 0 Å². The molecule has 0 fully saturated rings. The third kappa shape index (κ3) is 4.60. The molecule has 0 radical (unpaired) electrons. The number of amides is 1. The number of anilines is 1. The summed E-state index contributed by atoms with van der Waals surface area (Å²) in [4.78, 5) is 16.5. The summed E-state index contributed by atoms with van der Waals surface area (Å²) < 4.78 is 27.3. The second kappa shape index (κ2) is 7.20. The van der Waals surface area contributed by atoms with Crippen LogP contribution in [-0.4, -0.2) is 25.4 Å². The molecule has 1 amide bonds. The molecule has 8 heteroatoms. The summed E-state index contributed by atoms with van der Waals surface area (Å²) in [7, 11) is -3.72. The van der Waals surface area contributed by atoms with Gasteiger partial charge >= 0.3 is 0 Å². The Morgan fingerprint density at radius 1 is 1.26 bits per heavy atom. The maximum Gasteiger partial charge on any atom is 0.250 e. The van der Waals surface area contributed by atoms with Crippen LogP contribution in [0.25, 0.3) is 0 Å². The van der Waals surface area contributed by atoms with E-state index in [4.69, 9.17) is 0 Å². The summed E-state index contributed by atoms with van der Waals surface area (Å²) in [6.45, 7) is 5.46. The first-order chi connectivity index (χ1) is 10.8. The number of hydrogen-bond acceptors (Lipinski definition) is 5. The zero-order chi connectivity index (χ0) is 17.0. The van der Waals surface area contributed by atoms with Crippen molar-refractivity contribution in [1.82, 2.24) is 9.71 Å². The maximum absolute atomic E-state index is 12.4. The number of carbonyl (C=O) groups excluding carboxylic acids is 1. The minimum absolute atomic E-state index is 0.185. The Labute approximate surface area is 140 Å². The van der Waals surface area contributed by atoms with E-state index in [1.807, 2.05) is 13.0 Å². The predicted molar refractivity (Wildman–Crippen MR) is 90.9 cm³/mol. The molecule has 0 saturated carbocycles. The lowest BCUT2D eigenvalue weighted by atomic mass is 10.1. The van der Waals surface area contributed by atoms with Crippen molar-refractivity contribution >= 4 is 33.1 Å². The molecule has 2 rings (SSSR count). The number of nitrogens with one attached hydrogen (secondary N) is 2. The molecule has 0 aliphatic carbocycles. The lowest BCUT2D eigenvalue weighted by molar-refractivity contribution is -0.118. The van der Waals surface area contributed by atoms with Gasteiger partial charge in [0.15, 0.2) is 0 Å². The van der Waals surface area contributed by atoms with Gasteiger partial charge in [0.25, 0.3) is 10.0 Å². The van der Waals surface area contributed by atoms with Crippen LogP contribution in [0.4, 0.5) is 5.82 Å². The topological polar surface area (TPSA) is 88.2 Å². The Morgan fingerprint density at radius 3 is 2.52 bits per heavy atom. The lowest BCUT2D eigenvalue weighted by Gasteiger charge is -2.21. The van der Waals surface area contributed by atoms with Gasteiger partial charge in [0.05, 0.1) is 0 Å². The molecule has 1 unspecified atom stereocenters. The number of thiophene rings is 1. The average molecular weight is 353 g/mol. The van der Waals surface area contributed by atoms with E-state index in [0.717, 1.165) is 16.9 Å². The van der Waals surface area contributed by atoms with Gasteiger partial charge in [0, 0.05) is 6.20 Å². The highest BCUT2D eigenvalue weighted by atomic mass is 32.2. The van der Waals surface area contributed by atoms with Crippen LogP contribution in [0.5, 0.6) is 0 Å². The number of aryl methyl sites for hydroxylation is 1. The fourth-order valence-corrected chi connectivity index (χ4v) is 4.23. The van der Waals surface area contributed by atoms with Gasteiger partial charge in [-0.05, 0) is 35.9 Å². The van der Waals surface area contributed by atoms with Crippen molar-refractivity contribution in [2.24, 2.45) is 5.92 Å². The molecule has 1 atom stereocenters. The SMILES string of the molecule is Cc1ccc(NC(=O)C(NS(=O)(=O)c2cccs2)C(C)C)nc1. The molecular formula is C15H19N3O3S2. The van der Waals surface area contributed by atoms with Crippen LogP contribution >= 0.6 is 11.3 Å². The number of hydrogen-bond donors (Lipinski definition) is 2. The number of rotatable bonds is 6. The first-order valence-electron chi connectivity index (χ1n) is 7.09. The van der Waals surface area contributed by atoms with Crippen molar-refractivity contribution < 1.29 is 13.2 Å². The fourth-order valence-electron chi connectivity index (χ4n) is 1.88. The molecule has 0 saturated heterocycles. The highest BCUT2D eigenvalue weighted by Gasteiger charge is 2.29. The standard InChI is InChI=1S/C15H19N3O3S2/c1-10(2)14(18-23(20,21)13-5-4-8-22-13)15(19)17-12-7-6-11(3)9-16-12/h4-10,14,18H,1-3H3,(H,16,17,19). The number of nitrogens with zero attached hydrogens (tertiary/aromatic N) is 1. The zero-order valence-electron chi connectivity index (χ0n) is 13.1. The van der Waals surface area contributed by atoms with Crippen molar-refractivity contribution in [2.45, 2.75) is 31.0 Å². The molecule has 0 bridgehead atoms. The van der Waals surface area contributed by atoms with E-state index in [2.05, 4.69) is 15.0 Å². The minimum Gasteiger partial charge on any atom is -0.309 e. The quantitative estimate of drug-likeness (QED) is 0.835. The van der Waals surface area contributed by atoms with E-state index < -0.39 is 22.0 Å². The van der Waals surface area contributed by atoms with E-state index in [1.165, 1.54) is 6.07 Å². The second-order valence-corrected chi connectivity index (χ2v) is 8.37. The Morgan fingerprint density at radius 2 is 2.00 bits per heavy atom. The largest absolute Gasteiger partial charge is 0.309 e. The van der Waals surface area contributed by atoms with Gasteiger partial charge in [-0.2, -0.15) is 4.72 Å². The zero-order valence-corrected chi connectivity index (χ0v) is 14.7. The second-order valence-electron chi connectivity index (χ2n) is 5.49. The molecule has 124 valence electrons. The summed E-state index contributed by atoms with van der Waals surface area (Å²) in [5.74, 6) is -0.256. The van der Waals surface area contributed by atoms with E-state index >= 15 is 0 Å². The van der Waals surface area contributed by atoms with Gasteiger partial charge in [-0.25, -0.2) is 13.4 Å². The minimum atomic E-state index is -3.72. The maximum atomic E-state index is 12.4. The van der Waals surface area contributed by atoms with Crippen molar-refractivity contribution in [3.05, 3.63) is 41.4 Å². The molecule has 0 aliphatic heterocycles. The Bertz CT molecular complexity index is 754. The number of sulfonamides is 1. The number of pyridine rings is 1. The molecule has 0 aliphatic rings. The summed E-state index contributed by atoms with van der Waals surface area (Å²) in [6.07, 6.45) is 1.63. The van der Waals surface area contributed by atoms with E-state index in [9.17, 15) is 13.2 Å². The number of aromatic nitrogens is 1. The summed E-state index contributed by atoms with van der Waals surface area (Å²) >= 11 is 1.11. The molecule has 2 aromatic heterocycles. The molecule has 23 heavy (non-hydrogen) atoms. The molecule has 2 N–H and O–H groups in total. The normalized spacial score (nSPS) is 13.0. The van der Waals surface area contributed by atoms with Crippen molar-refractivity contribution in [3.8, 4) is 0 Å². The summed E-state index contributed by atoms with van der Waals surface area (Å²) in [6, 6.07) is 5.77. The average Bonchev–Trinajstić information content (AvgIpc) is 3.02. The molecule has 0 aromatic carbocycles. The van der Waals surface area contributed by atoms with Crippen molar-refractivity contribution in [1.29, 1.82) is 0 Å². The van der Waals surface area contributed by atoms with Gasteiger partial charge in [0.2, 0.25) is 5.91 Å². The van der Waals surface area contributed by atoms with Crippen LogP contribution in [0.2, 0.25) is 0 Å². The Hall–Kier alpha value is -1.77. The Kier molecular flexibility index (Phi) is 5.51. The van der Waals surface area contributed by atoms with Gasteiger partial charge in [0.1, 0.15) is 16.1 Å². The fraction of sp³-hybridized carbons (Fsp3) is 0.333. The van der Waals surface area contributed by atoms with Gasteiger partial charge in [-0.3, -0.25) is 4.79 Å². The highest BCUT2D eigenvalue weighted by Crippen LogP contribution is 2.18. The van der Waals surface area contributed by atoms with Crippen LogP contribution in [0.1, 0.15) is 19.4 Å². The molecule has 2 aromatic rings. The predicted octanol–water partition coefficient (Wildman–Crippen LogP) is 2.39. The van der Waals surface area contributed by atoms with Crippen LogP contribution in [-0.2, 0) is 14.8 Å². The van der Waals surface area contributed by atoms with Crippen LogP contribution in [0.15, 0.2) is 40.1 Å². The first kappa shape index (κ1) is 17.6. The van der Waals surface area contributed by atoms with Crippen molar-refractivity contribution in [2.75, 3.05) is 5.32 Å². The lowest BCUT2D eigenvalue weighted by Crippen LogP contribution is -2.46. The highest BCUT2D eigenvalue weighted by molar-refractivity contribution is 7.91. The van der Waals surface area contributed by atoms with E-state index in [1.54, 1.807) is 37.6 Å². The van der Waals surface area contributed by atoms with Crippen LogP contribution < -0.4 is 10.0 Å². The monoisotopic (exact) mass is 353 g/mol. The van der Waals surface area contributed by atoms with E-state index in [-0.39, 0.29) is 10.1 Å². The molecule has 2 heterocycles. The van der Waals surface area contributed by atoms with E-state index in [0.29, 0.717) is 5.82 Å². The summed E-state index contributed by atoms with van der Waals surface area (Å²) in [5, 5.41) is 4.32. The first-order valence-corrected chi connectivity index (χ1v) is 9.45. The third-order valence-electron chi connectivity index (χ3n) is 3.15. The third-order valence-corrected chi connectivity index (χ3v) is 5.99. The smallest absolute Gasteiger partial charge is 0.250 e. The van der Waals surface area contributed by atoms with Gasteiger partial charge < -0.3 is 5.32 Å². The van der Waals surface area contributed by atoms with Gasteiger partial charge in [-0.15, -0.1) is 11.3 Å².